The van der Waals surface area contributed by atoms with E-state index in [2.05, 4.69) is 15.6 Å². The molecule has 2 N–H and O–H groups in total. The van der Waals surface area contributed by atoms with E-state index in [1.165, 1.54) is 11.3 Å². The summed E-state index contributed by atoms with van der Waals surface area (Å²) in [5.74, 6) is 0.678. The Morgan fingerprint density at radius 1 is 1.04 bits per heavy atom. The average molecular weight is 381 g/mol. The van der Waals surface area contributed by atoms with Crippen LogP contribution in [0.15, 0.2) is 53.9 Å². The lowest BCUT2D eigenvalue weighted by molar-refractivity contribution is -0.115. The fraction of sp³-hybridized carbons (Fsp3) is 0.105. The smallest absolute Gasteiger partial charge is 0.275 e. The summed E-state index contributed by atoms with van der Waals surface area (Å²) in [6.45, 7) is 0.171. The molecular formula is C19H15N3O4S. The first-order valence-corrected chi connectivity index (χ1v) is 9.06. The number of rotatable bonds is 5. The number of carbonyl (C=O) groups is 2. The van der Waals surface area contributed by atoms with Gasteiger partial charge < -0.3 is 20.1 Å². The predicted octanol–water partition coefficient (Wildman–Crippen LogP) is 3.31. The second-order valence-corrected chi connectivity index (χ2v) is 6.63. The highest BCUT2D eigenvalue weighted by Gasteiger charge is 2.16. The molecule has 1 aliphatic rings. The van der Waals surface area contributed by atoms with Gasteiger partial charge in [-0.3, -0.25) is 9.59 Å². The number of hydrogen-bond acceptors (Lipinski definition) is 6. The maximum Gasteiger partial charge on any atom is 0.275 e. The number of benzene rings is 2. The number of amides is 2. The molecule has 0 radical (unpaired) electrons. The van der Waals surface area contributed by atoms with Crippen molar-refractivity contribution in [3.05, 3.63) is 65.2 Å². The van der Waals surface area contributed by atoms with Gasteiger partial charge in [0.05, 0.1) is 6.42 Å². The summed E-state index contributed by atoms with van der Waals surface area (Å²) in [5, 5.41) is 7.45. The number of ether oxygens (including phenoxy) is 2. The molecule has 1 aromatic heterocycles. The molecule has 2 heterocycles. The number of anilines is 2. The molecule has 27 heavy (non-hydrogen) atoms. The lowest BCUT2D eigenvalue weighted by Gasteiger charge is -2.04. The Morgan fingerprint density at radius 2 is 1.85 bits per heavy atom. The lowest BCUT2D eigenvalue weighted by atomic mass is 10.1. The Morgan fingerprint density at radius 3 is 2.70 bits per heavy atom. The first-order chi connectivity index (χ1) is 13.2. The molecule has 7 nitrogen and oxygen atoms in total. The molecule has 1 aliphatic heterocycles. The molecule has 136 valence electrons. The zero-order valence-electron chi connectivity index (χ0n) is 14.1. The van der Waals surface area contributed by atoms with Gasteiger partial charge in [-0.2, -0.15) is 0 Å². The van der Waals surface area contributed by atoms with Gasteiger partial charge in [0.1, 0.15) is 5.69 Å². The van der Waals surface area contributed by atoms with Crippen LogP contribution in [-0.4, -0.2) is 23.6 Å². The van der Waals surface area contributed by atoms with E-state index < -0.39 is 0 Å². The quantitative estimate of drug-likeness (QED) is 0.708. The van der Waals surface area contributed by atoms with E-state index in [9.17, 15) is 9.59 Å². The number of thiazole rings is 1. The van der Waals surface area contributed by atoms with Gasteiger partial charge in [-0.25, -0.2) is 4.98 Å². The van der Waals surface area contributed by atoms with Crippen LogP contribution in [0, 0.1) is 0 Å². The molecule has 0 saturated carbocycles. The maximum absolute atomic E-state index is 12.4. The van der Waals surface area contributed by atoms with Gasteiger partial charge in [-0.05, 0) is 17.7 Å². The van der Waals surface area contributed by atoms with Crippen molar-refractivity contribution in [2.75, 3.05) is 17.4 Å². The summed E-state index contributed by atoms with van der Waals surface area (Å²) in [4.78, 5) is 28.6. The zero-order valence-corrected chi connectivity index (χ0v) is 14.9. The van der Waals surface area contributed by atoms with Gasteiger partial charge in [-0.15, -0.1) is 11.3 Å². The summed E-state index contributed by atoms with van der Waals surface area (Å²) in [6, 6.07) is 14.6. The molecule has 4 rings (SSSR count). The van der Waals surface area contributed by atoms with E-state index in [4.69, 9.17) is 9.47 Å². The van der Waals surface area contributed by atoms with E-state index in [-0.39, 0.29) is 30.7 Å². The normalized spacial score (nSPS) is 11.9. The van der Waals surface area contributed by atoms with Gasteiger partial charge in [-0.1, -0.05) is 30.3 Å². The van der Waals surface area contributed by atoms with Crippen LogP contribution in [0.1, 0.15) is 16.1 Å². The fourth-order valence-corrected chi connectivity index (χ4v) is 3.26. The Labute approximate surface area is 159 Å². The molecule has 0 fully saturated rings. The van der Waals surface area contributed by atoms with Crippen LogP contribution in [-0.2, 0) is 11.2 Å². The highest BCUT2D eigenvalue weighted by molar-refractivity contribution is 7.14. The van der Waals surface area contributed by atoms with Gasteiger partial charge in [0.25, 0.3) is 5.91 Å². The minimum Gasteiger partial charge on any atom is -0.454 e. The molecule has 2 aromatic carbocycles. The molecular weight excluding hydrogens is 366 g/mol. The van der Waals surface area contributed by atoms with Crippen LogP contribution in [0.25, 0.3) is 0 Å². The molecule has 0 aliphatic carbocycles. The van der Waals surface area contributed by atoms with E-state index >= 15 is 0 Å². The summed E-state index contributed by atoms with van der Waals surface area (Å²) in [6.07, 6.45) is 0.249. The maximum atomic E-state index is 12.4. The van der Waals surface area contributed by atoms with Crippen molar-refractivity contribution in [1.29, 1.82) is 0 Å². The first kappa shape index (κ1) is 17.0. The Kier molecular flexibility index (Phi) is 4.71. The third kappa shape index (κ3) is 4.06. The predicted molar refractivity (Wildman–Crippen MR) is 101 cm³/mol. The van der Waals surface area contributed by atoms with E-state index in [1.54, 1.807) is 23.6 Å². The van der Waals surface area contributed by atoms with Crippen LogP contribution in [0.3, 0.4) is 0 Å². The van der Waals surface area contributed by atoms with Crippen molar-refractivity contribution >= 4 is 34.0 Å². The van der Waals surface area contributed by atoms with E-state index in [1.807, 2.05) is 30.3 Å². The van der Waals surface area contributed by atoms with Crippen LogP contribution >= 0.6 is 11.3 Å². The third-order valence-corrected chi connectivity index (χ3v) is 4.58. The Bertz CT molecular complexity index is 988. The van der Waals surface area contributed by atoms with Crippen LogP contribution in [0.5, 0.6) is 11.5 Å². The third-order valence-electron chi connectivity index (χ3n) is 3.82. The molecule has 0 saturated heterocycles. The van der Waals surface area contributed by atoms with Crippen LogP contribution in [0.4, 0.5) is 10.8 Å². The van der Waals surface area contributed by atoms with Crippen LogP contribution in [0.2, 0.25) is 0 Å². The summed E-state index contributed by atoms with van der Waals surface area (Å²) < 4.78 is 10.5. The highest BCUT2D eigenvalue weighted by Crippen LogP contribution is 2.34. The van der Waals surface area contributed by atoms with Crippen molar-refractivity contribution < 1.29 is 19.1 Å². The van der Waals surface area contributed by atoms with Crippen molar-refractivity contribution in [3.63, 3.8) is 0 Å². The van der Waals surface area contributed by atoms with Gasteiger partial charge >= 0.3 is 0 Å². The molecule has 3 aromatic rings. The van der Waals surface area contributed by atoms with E-state index in [0.717, 1.165) is 5.56 Å². The van der Waals surface area contributed by atoms with Gasteiger partial charge in [0.15, 0.2) is 16.6 Å². The summed E-state index contributed by atoms with van der Waals surface area (Å²) in [5.41, 5.74) is 1.71. The molecule has 8 heteroatoms. The highest BCUT2D eigenvalue weighted by atomic mass is 32.1. The second-order valence-electron chi connectivity index (χ2n) is 5.77. The van der Waals surface area contributed by atoms with E-state index in [0.29, 0.717) is 22.3 Å². The molecule has 0 atom stereocenters. The second kappa shape index (κ2) is 7.46. The monoisotopic (exact) mass is 381 g/mol. The number of hydrogen-bond donors (Lipinski definition) is 2. The average Bonchev–Trinajstić information content (AvgIpc) is 3.31. The largest absolute Gasteiger partial charge is 0.454 e. The van der Waals surface area contributed by atoms with Gasteiger partial charge in [0.2, 0.25) is 12.7 Å². The standard InChI is InChI=1S/C19H15N3O4S/c23-17(8-12-4-2-1-3-5-12)22-19-21-14(10-27-19)18(24)20-13-6-7-15-16(9-13)26-11-25-15/h1-7,9-10H,8,11H2,(H,20,24)(H,21,22,23). The molecule has 0 bridgehead atoms. The van der Waals surface area contributed by atoms with Crippen LogP contribution < -0.4 is 20.1 Å². The number of nitrogens with one attached hydrogen (secondary N) is 2. The number of aromatic nitrogens is 1. The zero-order chi connectivity index (χ0) is 18.6. The van der Waals surface area contributed by atoms with Crippen molar-refractivity contribution in [3.8, 4) is 11.5 Å². The number of nitrogens with zero attached hydrogens (tertiary/aromatic N) is 1. The topological polar surface area (TPSA) is 89.6 Å². The van der Waals surface area contributed by atoms with Crippen molar-refractivity contribution in [2.24, 2.45) is 0 Å². The summed E-state index contributed by atoms with van der Waals surface area (Å²) >= 11 is 1.20. The first-order valence-electron chi connectivity index (χ1n) is 8.18. The minimum absolute atomic E-state index is 0.171. The Balaban J connectivity index is 1.37. The van der Waals surface area contributed by atoms with Crippen molar-refractivity contribution in [2.45, 2.75) is 6.42 Å². The molecule has 0 unspecified atom stereocenters. The molecule has 2 amide bonds. The molecule has 0 spiro atoms. The number of carbonyl (C=O) groups excluding carboxylic acids is 2. The van der Waals surface area contributed by atoms with Gasteiger partial charge in [0, 0.05) is 17.1 Å². The fourth-order valence-electron chi connectivity index (χ4n) is 2.55. The lowest BCUT2D eigenvalue weighted by Crippen LogP contribution is -2.15. The number of fused-ring (bicyclic) bond motifs is 1. The summed E-state index contributed by atoms with van der Waals surface area (Å²) in [7, 11) is 0. The Hall–Kier alpha value is -3.39. The SMILES string of the molecule is O=C(Cc1ccccc1)Nc1nc(C(=O)Nc2ccc3c(c2)OCO3)cs1. The minimum atomic E-state index is -0.367. The van der Waals surface area contributed by atoms with Crippen molar-refractivity contribution in [1.82, 2.24) is 4.98 Å².